The zero-order valence-corrected chi connectivity index (χ0v) is 24.3. The Morgan fingerprint density at radius 1 is 1.02 bits per heavy atom. The highest BCUT2D eigenvalue weighted by Crippen LogP contribution is 2.37. The first kappa shape index (κ1) is 28.2. The maximum Gasteiger partial charge on any atom is 0.232 e. The van der Waals surface area contributed by atoms with Crippen LogP contribution in [-0.4, -0.2) is 86.9 Å². The van der Waals surface area contributed by atoms with Gasteiger partial charge in [0.15, 0.2) is 11.6 Å². The Labute approximate surface area is 238 Å². The number of sulfonamides is 1. The third-order valence-electron chi connectivity index (χ3n) is 7.03. The van der Waals surface area contributed by atoms with E-state index >= 15 is 0 Å². The topological polar surface area (TPSA) is 129 Å². The van der Waals surface area contributed by atoms with Gasteiger partial charge in [0.25, 0.3) is 0 Å². The molecule has 5 rings (SSSR count). The van der Waals surface area contributed by atoms with Crippen molar-refractivity contribution in [1.29, 1.82) is 0 Å². The van der Waals surface area contributed by atoms with Crippen LogP contribution in [0.3, 0.4) is 0 Å². The molecular formula is C27H32FN9O3S. The highest BCUT2D eigenvalue weighted by molar-refractivity contribution is 7.92. The Hall–Kier alpha value is -4.30. The molecule has 0 bridgehead atoms. The first-order valence-corrected chi connectivity index (χ1v) is 14.8. The average molecular weight is 582 g/mol. The van der Waals surface area contributed by atoms with Gasteiger partial charge in [-0.3, -0.25) is 14.3 Å². The second-order valence-corrected chi connectivity index (χ2v) is 11.9. The van der Waals surface area contributed by atoms with Gasteiger partial charge in [0, 0.05) is 57.4 Å². The first-order chi connectivity index (χ1) is 19.5. The minimum absolute atomic E-state index is 0.123. The average Bonchev–Trinajstić information content (AvgIpc) is 2.94. The molecule has 3 heterocycles. The van der Waals surface area contributed by atoms with E-state index in [0.29, 0.717) is 22.5 Å². The quantitative estimate of drug-likeness (QED) is 0.317. The molecule has 2 N–H and O–H groups in total. The van der Waals surface area contributed by atoms with E-state index in [1.54, 1.807) is 19.2 Å². The number of benzene rings is 2. The number of rotatable bonds is 8. The molecule has 1 aliphatic heterocycles. The predicted octanol–water partition coefficient (Wildman–Crippen LogP) is 3.51. The van der Waals surface area contributed by atoms with Gasteiger partial charge < -0.3 is 25.2 Å². The van der Waals surface area contributed by atoms with Crippen molar-refractivity contribution in [3.05, 3.63) is 54.2 Å². The van der Waals surface area contributed by atoms with Crippen LogP contribution in [0.1, 0.15) is 5.56 Å². The molecule has 1 saturated heterocycles. The van der Waals surface area contributed by atoms with Crippen LogP contribution < -0.4 is 24.6 Å². The van der Waals surface area contributed by atoms with Crippen LogP contribution >= 0.6 is 0 Å². The van der Waals surface area contributed by atoms with Gasteiger partial charge in [-0.25, -0.2) is 17.8 Å². The Morgan fingerprint density at radius 2 is 1.76 bits per heavy atom. The lowest BCUT2D eigenvalue weighted by Crippen LogP contribution is -2.44. The molecule has 216 valence electrons. The summed E-state index contributed by atoms with van der Waals surface area (Å²) in [4.78, 5) is 21.7. The Morgan fingerprint density at radius 3 is 2.46 bits per heavy atom. The second kappa shape index (κ2) is 11.3. The summed E-state index contributed by atoms with van der Waals surface area (Å²) in [6.07, 6.45) is 5.08. The molecule has 2 aromatic heterocycles. The summed E-state index contributed by atoms with van der Waals surface area (Å²) in [5.74, 6) is -0.162. The number of aromatic nitrogens is 4. The molecule has 0 amide bonds. The zero-order valence-electron chi connectivity index (χ0n) is 23.5. The standard InChI is InChI=1S/C27H32FN9O3S/c1-17-14-21(23(40-4)15-22(17)37-12-10-35(2)11-13-37)33-27-31-16-18(28)26(34-27)32-20-7-6-19-24(30-9-8-29-19)25(20)36(3)41(5,38)39/h6-9,14-16H,10-13H2,1-5H3,(H2,31,32,33,34). The van der Waals surface area contributed by atoms with Gasteiger partial charge >= 0.3 is 0 Å². The van der Waals surface area contributed by atoms with Crippen LogP contribution in [0.4, 0.5) is 38.9 Å². The third-order valence-corrected chi connectivity index (χ3v) is 8.21. The molecule has 14 heteroatoms. The number of hydrogen-bond acceptors (Lipinski definition) is 11. The van der Waals surface area contributed by atoms with E-state index in [-0.39, 0.29) is 23.1 Å². The number of aryl methyl sites for hydroxylation is 1. The van der Waals surface area contributed by atoms with Crippen LogP contribution in [0.2, 0.25) is 0 Å². The number of ether oxygens (including phenoxy) is 1. The van der Waals surface area contributed by atoms with Crippen molar-refractivity contribution >= 4 is 55.6 Å². The predicted molar refractivity (Wildman–Crippen MR) is 159 cm³/mol. The summed E-state index contributed by atoms with van der Waals surface area (Å²) < 4.78 is 46.6. The van der Waals surface area contributed by atoms with Gasteiger partial charge in [-0.2, -0.15) is 4.98 Å². The van der Waals surface area contributed by atoms with E-state index < -0.39 is 15.8 Å². The maximum atomic E-state index is 15.0. The lowest BCUT2D eigenvalue weighted by molar-refractivity contribution is 0.312. The van der Waals surface area contributed by atoms with Crippen molar-refractivity contribution < 1.29 is 17.5 Å². The summed E-state index contributed by atoms with van der Waals surface area (Å²) in [5, 5.41) is 6.06. The molecular weight excluding hydrogens is 549 g/mol. The number of likely N-dealkylation sites (N-methyl/N-ethyl adjacent to an activating group) is 1. The van der Waals surface area contributed by atoms with Gasteiger partial charge in [-0.15, -0.1) is 0 Å². The molecule has 0 radical (unpaired) electrons. The van der Waals surface area contributed by atoms with E-state index in [2.05, 4.69) is 47.4 Å². The van der Waals surface area contributed by atoms with Gasteiger partial charge in [0.1, 0.15) is 17.0 Å². The third kappa shape index (κ3) is 5.93. The molecule has 0 aliphatic carbocycles. The second-order valence-electron chi connectivity index (χ2n) is 9.89. The van der Waals surface area contributed by atoms with Gasteiger partial charge in [0.05, 0.1) is 36.5 Å². The lowest BCUT2D eigenvalue weighted by Gasteiger charge is -2.35. The number of hydrogen-bond donors (Lipinski definition) is 2. The monoisotopic (exact) mass is 581 g/mol. The minimum Gasteiger partial charge on any atom is -0.494 e. The van der Waals surface area contributed by atoms with Crippen molar-refractivity contribution in [2.24, 2.45) is 0 Å². The van der Waals surface area contributed by atoms with Gasteiger partial charge in [-0.1, -0.05) is 0 Å². The summed E-state index contributed by atoms with van der Waals surface area (Å²) >= 11 is 0. The zero-order chi connectivity index (χ0) is 29.3. The number of anilines is 6. The van der Waals surface area contributed by atoms with E-state index in [1.807, 2.05) is 19.1 Å². The summed E-state index contributed by atoms with van der Waals surface area (Å²) in [5.41, 5.74) is 4.06. The van der Waals surface area contributed by atoms with Crippen LogP contribution in [0, 0.1) is 12.7 Å². The highest BCUT2D eigenvalue weighted by Gasteiger charge is 2.23. The summed E-state index contributed by atoms with van der Waals surface area (Å²) in [7, 11) is 1.42. The van der Waals surface area contributed by atoms with Crippen molar-refractivity contribution in [1.82, 2.24) is 24.8 Å². The van der Waals surface area contributed by atoms with E-state index in [9.17, 15) is 12.8 Å². The molecule has 1 fully saturated rings. The summed E-state index contributed by atoms with van der Waals surface area (Å²) in [6.45, 7) is 5.82. The molecule has 0 saturated carbocycles. The first-order valence-electron chi connectivity index (χ1n) is 12.9. The van der Waals surface area contributed by atoms with Gasteiger partial charge in [-0.05, 0) is 37.7 Å². The van der Waals surface area contributed by atoms with Crippen LogP contribution in [-0.2, 0) is 10.0 Å². The number of fused-ring (bicyclic) bond motifs is 1. The number of piperazine rings is 1. The fourth-order valence-electron chi connectivity index (χ4n) is 4.70. The maximum absolute atomic E-state index is 15.0. The fraction of sp³-hybridized carbons (Fsp3) is 0.333. The Kier molecular flexibility index (Phi) is 7.78. The largest absolute Gasteiger partial charge is 0.494 e. The molecule has 0 atom stereocenters. The van der Waals surface area contributed by atoms with Crippen LogP contribution in [0.15, 0.2) is 42.9 Å². The Balaban J connectivity index is 1.47. The molecule has 12 nitrogen and oxygen atoms in total. The number of nitrogens with one attached hydrogen (secondary N) is 2. The molecule has 2 aromatic carbocycles. The molecule has 41 heavy (non-hydrogen) atoms. The molecule has 0 spiro atoms. The fourth-order valence-corrected chi connectivity index (χ4v) is 5.22. The molecule has 0 unspecified atom stereocenters. The molecule has 4 aromatic rings. The van der Waals surface area contributed by atoms with E-state index in [4.69, 9.17) is 4.74 Å². The van der Waals surface area contributed by atoms with Gasteiger partial charge in [0.2, 0.25) is 16.0 Å². The number of nitrogens with zero attached hydrogens (tertiary/aromatic N) is 7. The van der Waals surface area contributed by atoms with E-state index in [0.717, 1.165) is 54.2 Å². The highest BCUT2D eigenvalue weighted by atomic mass is 32.2. The number of halogens is 1. The SMILES string of the molecule is COc1cc(N2CCN(C)CC2)c(C)cc1Nc1ncc(F)c(Nc2ccc3nccnc3c2N(C)S(C)(=O)=O)n1. The summed E-state index contributed by atoms with van der Waals surface area (Å²) in [6, 6.07) is 7.20. The van der Waals surface area contributed by atoms with Crippen molar-refractivity contribution in [3.63, 3.8) is 0 Å². The normalized spacial score (nSPS) is 14.2. The Bertz CT molecular complexity index is 1700. The number of methoxy groups -OCH3 is 1. The van der Waals surface area contributed by atoms with Crippen molar-refractivity contribution in [2.45, 2.75) is 6.92 Å². The minimum atomic E-state index is -3.68. The van der Waals surface area contributed by atoms with Crippen LogP contribution in [0.5, 0.6) is 5.75 Å². The van der Waals surface area contributed by atoms with Crippen LogP contribution in [0.25, 0.3) is 11.0 Å². The molecule has 1 aliphatic rings. The van der Waals surface area contributed by atoms with Crippen molar-refractivity contribution in [3.8, 4) is 5.75 Å². The smallest absolute Gasteiger partial charge is 0.232 e. The van der Waals surface area contributed by atoms with Crippen molar-refractivity contribution in [2.75, 3.05) is 73.5 Å². The lowest BCUT2D eigenvalue weighted by atomic mass is 10.1. The van der Waals surface area contributed by atoms with E-state index in [1.165, 1.54) is 19.4 Å².